The number of esters is 1. The number of ether oxygens (including phenoxy) is 2. The molecule has 36 heavy (non-hydrogen) atoms. The van der Waals surface area contributed by atoms with Crippen LogP contribution in [0.5, 0.6) is 0 Å². The van der Waals surface area contributed by atoms with Crippen molar-refractivity contribution >= 4 is 52.1 Å². The summed E-state index contributed by atoms with van der Waals surface area (Å²) in [5.41, 5.74) is 0.809. The topological polar surface area (TPSA) is 105 Å². The van der Waals surface area contributed by atoms with Crippen molar-refractivity contribution < 1.29 is 19.1 Å². The van der Waals surface area contributed by atoms with Crippen LogP contribution in [0.1, 0.15) is 49.8 Å². The van der Waals surface area contributed by atoms with Gasteiger partial charge in [-0.2, -0.15) is 5.26 Å². The highest BCUT2D eigenvalue weighted by molar-refractivity contribution is 8.26. The smallest absolute Gasteiger partial charge is 0.310 e. The number of pyridine rings is 1. The van der Waals surface area contributed by atoms with Crippen molar-refractivity contribution in [2.45, 2.75) is 46.6 Å². The van der Waals surface area contributed by atoms with Gasteiger partial charge in [0.15, 0.2) is 0 Å². The average molecular weight is 533 g/mol. The molecule has 2 aliphatic heterocycles. The lowest BCUT2D eigenvalue weighted by atomic mass is 9.96. The number of rotatable bonds is 9. The summed E-state index contributed by atoms with van der Waals surface area (Å²) in [6, 6.07) is 2.06. The Morgan fingerprint density at radius 3 is 2.69 bits per heavy atom. The van der Waals surface area contributed by atoms with Crippen LogP contribution in [0.4, 0.5) is 5.82 Å². The first kappa shape index (κ1) is 27.9. The van der Waals surface area contributed by atoms with Gasteiger partial charge in [-0.15, -0.1) is 0 Å². The molecule has 1 unspecified atom stereocenters. The van der Waals surface area contributed by atoms with Gasteiger partial charge < -0.3 is 14.4 Å². The first-order valence-corrected chi connectivity index (χ1v) is 13.3. The number of carbonyl (C=O) groups is 2. The van der Waals surface area contributed by atoms with E-state index in [1.807, 2.05) is 11.8 Å². The van der Waals surface area contributed by atoms with Crippen molar-refractivity contribution in [2.75, 3.05) is 44.9 Å². The zero-order valence-corrected chi connectivity index (χ0v) is 22.8. The maximum Gasteiger partial charge on any atom is 0.310 e. The fraction of sp³-hybridized carbons (Fsp3) is 0.560. The Morgan fingerprint density at radius 1 is 1.31 bits per heavy atom. The average Bonchev–Trinajstić information content (AvgIpc) is 3.13. The number of piperidine rings is 1. The minimum Gasteiger partial charge on any atom is -0.466 e. The summed E-state index contributed by atoms with van der Waals surface area (Å²) in [6.07, 6.45) is 3.86. The van der Waals surface area contributed by atoms with Crippen LogP contribution in [-0.2, 0) is 25.6 Å². The van der Waals surface area contributed by atoms with E-state index in [4.69, 9.17) is 21.7 Å². The molecule has 9 nitrogen and oxygen atoms in total. The summed E-state index contributed by atoms with van der Waals surface area (Å²) >= 11 is 6.61. The number of carbonyl (C=O) groups excluding carboxylic acids is 2. The molecule has 194 valence electrons. The van der Waals surface area contributed by atoms with Crippen LogP contribution in [-0.4, -0.2) is 65.6 Å². The Kier molecular flexibility index (Phi) is 9.70. The molecule has 2 saturated heterocycles. The van der Waals surface area contributed by atoms with Crippen LogP contribution in [0.2, 0.25) is 0 Å². The lowest BCUT2D eigenvalue weighted by Gasteiger charge is -2.36. The third-order valence-electron chi connectivity index (χ3n) is 6.30. The molecule has 0 N–H and O–H groups in total. The van der Waals surface area contributed by atoms with E-state index in [1.54, 1.807) is 31.6 Å². The van der Waals surface area contributed by atoms with E-state index < -0.39 is 0 Å². The third kappa shape index (κ3) is 5.66. The first-order chi connectivity index (χ1) is 17.3. The normalized spacial score (nSPS) is 19.2. The van der Waals surface area contributed by atoms with Gasteiger partial charge in [-0.25, -0.2) is 0 Å². The number of methoxy groups -OCH3 is 1. The molecule has 0 bridgehead atoms. The highest BCUT2D eigenvalue weighted by Crippen LogP contribution is 2.36. The van der Waals surface area contributed by atoms with Gasteiger partial charge in [-0.3, -0.25) is 23.9 Å². The molecule has 0 aromatic carbocycles. The van der Waals surface area contributed by atoms with E-state index in [2.05, 4.69) is 6.07 Å². The van der Waals surface area contributed by atoms with E-state index in [-0.39, 0.29) is 28.9 Å². The zero-order valence-electron chi connectivity index (χ0n) is 21.2. The molecule has 1 atom stereocenters. The zero-order chi connectivity index (χ0) is 26.4. The highest BCUT2D eigenvalue weighted by Gasteiger charge is 2.34. The summed E-state index contributed by atoms with van der Waals surface area (Å²) in [6.45, 7) is 7.90. The van der Waals surface area contributed by atoms with Gasteiger partial charge in [0, 0.05) is 32.3 Å². The number of nitriles is 1. The number of hydrogen-bond donors (Lipinski definition) is 0. The lowest BCUT2D eigenvalue weighted by Crippen LogP contribution is -2.43. The van der Waals surface area contributed by atoms with Crippen molar-refractivity contribution in [3.8, 4) is 6.07 Å². The minimum absolute atomic E-state index is 0.0484. The molecule has 0 radical (unpaired) electrons. The van der Waals surface area contributed by atoms with Gasteiger partial charge in [-0.1, -0.05) is 30.9 Å². The second-order valence-corrected chi connectivity index (χ2v) is 10.3. The van der Waals surface area contributed by atoms with Crippen molar-refractivity contribution in [3.05, 3.63) is 31.9 Å². The summed E-state index contributed by atoms with van der Waals surface area (Å²) in [5, 5.41) is 9.81. The van der Waals surface area contributed by atoms with Gasteiger partial charge in [0.05, 0.1) is 30.6 Å². The molecule has 2 fully saturated rings. The molecule has 0 saturated carbocycles. The number of thioether (sulfide) groups is 1. The first-order valence-electron chi connectivity index (χ1n) is 12.1. The van der Waals surface area contributed by atoms with Crippen LogP contribution < -0.4 is 10.5 Å². The molecule has 3 heterocycles. The van der Waals surface area contributed by atoms with Crippen molar-refractivity contribution in [1.29, 1.82) is 5.26 Å². The minimum atomic E-state index is -0.366. The summed E-state index contributed by atoms with van der Waals surface area (Å²) in [4.78, 5) is 43.0. The van der Waals surface area contributed by atoms with E-state index in [0.717, 1.165) is 6.42 Å². The summed E-state index contributed by atoms with van der Waals surface area (Å²) in [5.74, 6) is -0.186. The Bertz CT molecular complexity index is 1170. The Balaban J connectivity index is 2.17. The predicted molar refractivity (Wildman–Crippen MR) is 144 cm³/mol. The fourth-order valence-electron chi connectivity index (χ4n) is 4.54. The van der Waals surface area contributed by atoms with E-state index in [9.17, 15) is 19.6 Å². The summed E-state index contributed by atoms with van der Waals surface area (Å²) in [7, 11) is 1.56. The molecule has 1 aromatic heterocycles. The molecular weight excluding hydrogens is 500 g/mol. The number of aromatic nitrogens is 1. The van der Waals surface area contributed by atoms with Gasteiger partial charge in [-0.05, 0) is 44.7 Å². The number of thiocarbonyl (C=S) groups is 1. The van der Waals surface area contributed by atoms with E-state index >= 15 is 0 Å². The summed E-state index contributed by atoms with van der Waals surface area (Å²) < 4.78 is 12.4. The van der Waals surface area contributed by atoms with Crippen LogP contribution in [0.3, 0.4) is 0 Å². The van der Waals surface area contributed by atoms with Crippen LogP contribution >= 0.6 is 24.0 Å². The molecular formula is C25H32N4O5S2. The maximum absolute atomic E-state index is 13.4. The second kappa shape index (κ2) is 12.5. The monoisotopic (exact) mass is 532 g/mol. The van der Waals surface area contributed by atoms with Crippen LogP contribution in [0.25, 0.3) is 6.08 Å². The molecule has 3 rings (SSSR count). The number of anilines is 1. The number of nitrogens with zero attached hydrogens (tertiary/aromatic N) is 4. The van der Waals surface area contributed by atoms with E-state index in [1.165, 1.54) is 16.7 Å². The fourth-order valence-corrected chi connectivity index (χ4v) is 5.83. The third-order valence-corrected chi connectivity index (χ3v) is 7.68. The number of hydrogen-bond acceptors (Lipinski definition) is 9. The lowest BCUT2D eigenvalue weighted by molar-refractivity contribution is -0.148. The maximum atomic E-state index is 13.4. The van der Waals surface area contributed by atoms with Gasteiger partial charge >= 0.3 is 5.97 Å². The van der Waals surface area contributed by atoms with Crippen molar-refractivity contribution in [3.63, 3.8) is 0 Å². The Hall–Kier alpha value is -2.68. The van der Waals surface area contributed by atoms with Crippen molar-refractivity contribution in [1.82, 2.24) is 9.47 Å². The Morgan fingerprint density at radius 2 is 2.06 bits per heavy atom. The largest absolute Gasteiger partial charge is 0.466 e. The molecule has 1 aromatic rings. The standard InChI is InChI=1S/C25H32N4O5S2/c1-5-9-28-21(27-10-7-8-17(15-27)24(32)34-6-2)18(16(3)19(14-26)22(28)30)13-20-23(31)29(11-12-33-4)25(35)36-20/h13,17H,5-12,15H2,1-4H3/b20-13-. The molecule has 11 heteroatoms. The second-order valence-electron chi connectivity index (χ2n) is 8.67. The molecule has 1 amide bonds. The van der Waals surface area contributed by atoms with E-state index in [0.29, 0.717) is 78.4 Å². The van der Waals surface area contributed by atoms with Crippen LogP contribution in [0.15, 0.2) is 9.70 Å². The predicted octanol–water partition coefficient (Wildman–Crippen LogP) is 3.07. The number of amides is 1. The molecule has 0 spiro atoms. The Labute approximate surface area is 221 Å². The van der Waals surface area contributed by atoms with Crippen LogP contribution in [0, 0.1) is 24.2 Å². The molecule has 2 aliphatic rings. The SMILES string of the molecule is CCCn1c(N2CCCC(C(=O)OCC)C2)c(/C=C2\SC(=S)N(CCOC)C2=O)c(C)c(C#N)c1=O. The highest BCUT2D eigenvalue weighted by atomic mass is 32.2. The molecule has 0 aliphatic carbocycles. The van der Waals surface area contributed by atoms with Gasteiger partial charge in [0.1, 0.15) is 21.8 Å². The van der Waals surface area contributed by atoms with Crippen molar-refractivity contribution in [2.24, 2.45) is 5.92 Å². The van der Waals surface area contributed by atoms with Gasteiger partial charge in [0.25, 0.3) is 11.5 Å². The quantitative estimate of drug-likeness (QED) is 0.270. The van der Waals surface area contributed by atoms with Gasteiger partial charge in [0.2, 0.25) is 0 Å².